The van der Waals surface area contributed by atoms with Crippen LogP contribution >= 0.6 is 0 Å². The number of benzene rings is 1. The first-order chi connectivity index (χ1) is 7.16. The van der Waals surface area contributed by atoms with Crippen molar-refractivity contribution in [1.29, 1.82) is 0 Å². The van der Waals surface area contributed by atoms with Crippen LogP contribution < -0.4 is 0 Å². The second kappa shape index (κ2) is 4.47. The average molecular weight is 221 g/mol. The molecule has 0 radical (unpaired) electrons. The van der Waals surface area contributed by atoms with Crippen molar-refractivity contribution in [3.05, 3.63) is 35.9 Å². The molecule has 82 valence electrons. The van der Waals surface area contributed by atoms with Crippen molar-refractivity contribution in [2.45, 2.75) is 19.6 Å². The molecular formula is C12H19NOSi. The van der Waals surface area contributed by atoms with E-state index in [1.54, 1.807) is 0 Å². The van der Waals surface area contributed by atoms with Gasteiger partial charge in [-0.25, -0.2) is 0 Å². The van der Waals surface area contributed by atoms with E-state index in [2.05, 4.69) is 48.3 Å². The zero-order valence-electron chi connectivity index (χ0n) is 9.57. The maximum Gasteiger partial charge on any atom is 0.200 e. The van der Waals surface area contributed by atoms with E-state index in [9.17, 15) is 0 Å². The molecule has 2 nitrogen and oxygen atoms in total. The zero-order valence-corrected chi connectivity index (χ0v) is 10.6. The third-order valence-electron chi connectivity index (χ3n) is 2.75. The van der Waals surface area contributed by atoms with E-state index in [4.69, 9.17) is 4.43 Å². The molecule has 1 heterocycles. The number of hydrogen-bond donors (Lipinski definition) is 0. The molecule has 2 rings (SSSR count). The minimum Gasteiger partial charge on any atom is -0.415 e. The Kier molecular flexibility index (Phi) is 3.24. The zero-order chi connectivity index (χ0) is 10.7. The molecule has 1 aliphatic rings. The van der Waals surface area contributed by atoms with Crippen LogP contribution in [0.3, 0.4) is 0 Å². The molecule has 15 heavy (non-hydrogen) atoms. The molecule has 1 aromatic carbocycles. The molecule has 0 bridgehead atoms. The van der Waals surface area contributed by atoms with Gasteiger partial charge < -0.3 is 4.43 Å². The van der Waals surface area contributed by atoms with Gasteiger partial charge in [-0.2, -0.15) is 0 Å². The van der Waals surface area contributed by atoms with Gasteiger partial charge in [-0.05, 0) is 18.7 Å². The highest BCUT2D eigenvalue weighted by atomic mass is 28.4. The summed E-state index contributed by atoms with van der Waals surface area (Å²) in [4.78, 5) is 2.52. The monoisotopic (exact) mass is 221 g/mol. The summed E-state index contributed by atoms with van der Waals surface area (Å²) in [6, 6.07) is 10.7. The molecule has 0 spiro atoms. The third kappa shape index (κ3) is 3.16. The summed E-state index contributed by atoms with van der Waals surface area (Å²) in [7, 11) is -1.38. The first-order valence-corrected chi connectivity index (χ1v) is 8.67. The second-order valence-electron chi connectivity index (χ2n) is 4.80. The Morgan fingerprint density at radius 1 is 1.27 bits per heavy atom. The quantitative estimate of drug-likeness (QED) is 0.710. The molecule has 1 aromatic rings. The van der Waals surface area contributed by atoms with Crippen molar-refractivity contribution in [3.8, 4) is 0 Å². The second-order valence-corrected chi connectivity index (χ2v) is 8.93. The molecule has 0 unspecified atom stereocenters. The smallest absolute Gasteiger partial charge is 0.200 e. The fraction of sp³-hybridized carbons (Fsp3) is 0.500. The maximum absolute atomic E-state index is 5.83. The van der Waals surface area contributed by atoms with Crippen LogP contribution in [0.2, 0.25) is 13.1 Å². The molecule has 0 atom stereocenters. The molecule has 0 aliphatic carbocycles. The molecule has 0 N–H and O–H groups in total. The van der Waals surface area contributed by atoms with Crippen molar-refractivity contribution >= 4 is 8.32 Å². The largest absolute Gasteiger partial charge is 0.415 e. The van der Waals surface area contributed by atoms with Crippen molar-refractivity contribution in [2.24, 2.45) is 0 Å². The van der Waals surface area contributed by atoms with Gasteiger partial charge in [-0.1, -0.05) is 30.3 Å². The SMILES string of the molecule is C[Si]1(C)CN(Cc2ccccc2)CCO1. The van der Waals surface area contributed by atoms with Crippen LogP contribution in [-0.4, -0.2) is 32.5 Å². The van der Waals surface area contributed by atoms with E-state index >= 15 is 0 Å². The first kappa shape index (κ1) is 10.9. The van der Waals surface area contributed by atoms with Crippen LogP contribution in [0.4, 0.5) is 0 Å². The molecular weight excluding hydrogens is 202 g/mol. The summed E-state index contributed by atoms with van der Waals surface area (Å²) in [5.41, 5.74) is 1.41. The predicted molar refractivity (Wildman–Crippen MR) is 65.2 cm³/mol. The Balaban J connectivity index is 1.95. The van der Waals surface area contributed by atoms with Gasteiger partial charge in [0.2, 0.25) is 8.32 Å². The number of hydrogen-bond acceptors (Lipinski definition) is 2. The normalized spacial score (nSPS) is 21.5. The van der Waals surface area contributed by atoms with Gasteiger partial charge in [0, 0.05) is 25.9 Å². The molecule has 1 fully saturated rings. The summed E-state index contributed by atoms with van der Waals surface area (Å²) >= 11 is 0. The van der Waals surface area contributed by atoms with Crippen LogP contribution in [-0.2, 0) is 11.0 Å². The van der Waals surface area contributed by atoms with Crippen LogP contribution in [0, 0.1) is 0 Å². The molecule has 0 saturated carbocycles. The van der Waals surface area contributed by atoms with Crippen molar-refractivity contribution in [1.82, 2.24) is 4.90 Å². The minimum atomic E-state index is -1.38. The van der Waals surface area contributed by atoms with E-state index in [0.717, 1.165) is 25.9 Å². The van der Waals surface area contributed by atoms with Gasteiger partial charge in [-0.3, -0.25) is 4.90 Å². The lowest BCUT2D eigenvalue weighted by atomic mass is 10.2. The minimum absolute atomic E-state index is 0.909. The Hall–Kier alpha value is -0.643. The Morgan fingerprint density at radius 3 is 2.67 bits per heavy atom. The van der Waals surface area contributed by atoms with E-state index in [1.807, 2.05) is 0 Å². The van der Waals surface area contributed by atoms with Crippen LogP contribution in [0.25, 0.3) is 0 Å². The summed E-state index contributed by atoms with van der Waals surface area (Å²) in [6.45, 7) is 7.65. The van der Waals surface area contributed by atoms with Gasteiger partial charge in [0.25, 0.3) is 0 Å². The number of rotatable bonds is 2. The first-order valence-electron chi connectivity index (χ1n) is 5.56. The Labute approximate surface area is 93.0 Å². The maximum atomic E-state index is 5.83. The van der Waals surface area contributed by atoms with Gasteiger partial charge in [0.1, 0.15) is 0 Å². The van der Waals surface area contributed by atoms with Gasteiger partial charge in [0.05, 0.1) is 0 Å². The lowest BCUT2D eigenvalue weighted by molar-refractivity contribution is 0.167. The highest BCUT2D eigenvalue weighted by Crippen LogP contribution is 2.15. The molecule has 3 heteroatoms. The molecule has 0 aromatic heterocycles. The lowest BCUT2D eigenvalue weighted by Gasteiger charge is -2.36. The van der Waals surface area contributed by atoms with Crippen LogP contribution in [0.1, 0.15) is 5.56 Å². The average Bonchev–Trinajstić information content (AvgIpc) is 2.17. The molecule has 1 aliphatic heterocycles. The highest BCUT2D eigenvalue weighted by molar-refractivity contribution is 6.71. The summed E-state index contributed by atoms with van der Waals surface area (Å²) in [5, 5.41) is 0. The van der Waals surface area contributed by atoms with Gasteiger partial charge in [0.15, 0.2) is 0 Å². The van der Waals surface area contributed by atoms with Crippen molar-refractivity contribution < 1.29 is 4.43 Å². The van der Waals surface area contributed by atoms with Gasteiger partial charge >= 0.3 is 0 Å². The predicted octanol–water partition coefficient (Wildman–Crippen LogP) is 2.26. The number of nitrogens with zero attached hydrogens (tertiary/aromatic N) is 1. The Morgan fingerprint density at radius 2 is 2.00 bits per heavy atom. The fourth-order valence-electron chi connectivity index (χ4n) is 2.09. The van der Waals surface area contributed by atoms with E-state index < -0.39 is 8.32 Å². The van der Waals surface area contributed by atoms with Crippen LogP contribution in [0.5, 0.6) is 0 Å². The van der Waals surface area contributed by atoms with Crippen molar-refractivity contribution in [3.63, 3.8) is 0 Å². The van der Waals surface area contributed by atoms with Crippen molar-refractivity contribution in [2.75, 3.05) is 19.3 Å². The topological polar surface area (TPSA) is 12.5 Å². The van der Waals surface area contributed by atoms with Gasteiger partial charge in [-0.15, -0.1) is 0 Å². The van der Waals surface area contributed by atoms with E-state index in [0.29, 0.717) is 0 Å². The Bertz CT molecular complexity index is 313. The van der Waals surface area contributed by atoms with E-state index in [-0.39, 0.29) is 0 Å². The molecule has 0 amide bonds. The fourth-order valence-corrected chi connectivity index (χ4v) is 4.17. The molecule has 1 saturated heterocycles. The summed E-state index contributed by atoms with van der Waals surface area (Å²) < 4.78 is 5.83. The third-order valence-corrected chi connectivity index (χ3v) is 4.95. The lowest BCUT2D eigenvalue weighted by Crippen LogP contribution is -2.51. The van der Waals surface area contributed by atoms with E-state index in [1.165, 1.54) is 5.56 Å². The highest BCUT2D eigenvalue weighted by Gasteiger charge is 2.29. The standard InChI is InChI=1S/C12H19NOSi/c1-15(2)11-13(8-9-14-15)10-12-6-4-3-5-7-12/h3-7H,8-11H2,1-2H3. The van der Waals surface area contributed by atoms with Crippen LogP contribution in [0.15, 0.2) is 30.3 Å². The summed E-state index contributed by atoms with van der Waals surface area (Å²) in [6.07, 6.45) is 1.15. The summed E-state index contributed by atoms with van der Waals surface area (Å²) in [5.74, 6) is 0.